The van der Waals surface area contributed by atoms with Gasteiger partial charge in [0.15, 0.2) is 5.13 Å². The zero-order valence-corrected chi connectivity index (χ0v) is 13.0. The summed E-state index contributed by atoms with van der Waals surface area (Å²) >= 11 is 7.22. The van der Waals surface area contributed by atoms with Gasteiger partial charge in [0.05, 0.1) is 16.4 Å². The van der Waals surface area contributed by atoms with Crippen LogP contribution in [0.2, 0.25) is 5.02 Å². The molecule has 1 amide bonds. The van der Waals surface area contributed by atoms with E-state index < -0.39 is 0 Å². The van der Waals surface area contributed by atoms with E-state index in [1.165, 1.54) is 0 Å². The zero-order valence-electron chi connectivity index (χ0n) is 11.4. The maximum absolute atomic E-state index is 12.5. The molecule has 0 radical (unpaired) electrons. The van der Waals surface area contributed by atoms with Crippen LogP contribution in [0.1, 0.15) is 9.67 Å². The van der Waals surface area contributed by atoms with Crippen LogP contribution in [-0.4, -0.2) is 10.9 Å². The first-order valence-electron chi connectivity index (χ1n) is 6.53. The summed E-state index contributed by atoms with van der Waals surface area (Å²) in [5.74, 6) is -0.277. The van der Waals surface area contributed by atoms with Gasteiger partial charge in [-0.2, -0.15) is 0 Å². The predicted molar refractivity (Wildman–Crippen MR) is 91.4 cm³/mol. The number of hydrogen-bond acceptors (Lipinski definition) is 4. The number of aromatic nitrogens is 1. The third-order valence-electron chi connectivity index (χ3n) is 3.02. The molecule has 0 atom stereocenters. The van der Waals surface area contributed by atoms with E-state index in [0.717, 1.165) is 16.9 Å². The minimum Gasteiger partial charge on any atom is -0.375 e. The largest absolute Gasteiger partial charge is 0.375 e. The Morgan fingerprint density at radius 3 is 2.50 bits per heavy atom. The van der Waals surface area contributed by atoms with Crippen molar-refractivity contribution in [3.05, 3.63) is 64.5 Å². The van der Waals surface area contributed by atoms with Crippen molar-refractivity contribution >= 4 is 39.7 Å². The maximum Gasteiger partial charge on any atom is 0.268 e. The van der Waals surface area contributed by atoms with Crippen LogP contribution < -0.4 is 11.1 Å². The number of carbonyl (C=O) groups excluding carboxylic acids is 1. The normalized spacial score (nSPS) is 10.4. The molecule has 3 aromatic rings. The molecule has 3 rings (SSSR count). The van der Waals surface area contributed by atoms with Crippen molar-refractivity contribution in [2.45, 2.75) is 0 Å². The Bertz CT molecular complexity index is 817. The van der Waals surface area contributed by atoms with Gasteiger partial charge in [-0.15, -0.1) is 0 Å². The molecule has 0 aliphatic rings. The van der Waals surface area contributed by atoms with E-state index in [-0.39, 0.29) is 5.91 Å². The number of carbonyl (C=O) groups is 1. The number of nitrogens with zero attached hydrogens (tertiary/aromatic N) is 1. The standard InChI is InChI=1S/C16H12ClN3OS/c17-11-8-4-5-9-12(11)19-15(21)14-13(20-16(18)22-14)10-6-2-1-3-7-10/h1-9H,(H2,18,20)(H,19,21). The van der Waals surface area contributed by atoms with Gasteiger partial charge in [-0.25, -0.2) is 4.98 Å². The fourth-order valence-electron chi connectivity index (χ4n) is 2.02. The molecule has 0 aliphatic carbocycles. The highest BCUT2D eigenvalue weighted by atomic mass is 35.5. The lowest BCUT2D eigenvalue weighted by Crippen LogP contribution is -2.11. The second-order valence-corrected chi connectivity index (χ2v) is 5.97. The summed E-state index contributed by atoms with van der Waals surface area (Å²) in [5.41, 5.74) is 7.76. The zero-order chi connectivity index (χ0) is 15.5. The molecule has 1 aromatic heterocycles. The molecular weight excluding hydrogens is 318 g/mol. The first-order valence-corrected chi connectivity index (χ1v) is 7.72. The first-order chi connectivity index (χ1) is 10.6. The summed E-state index contributed by atoms with van der Waals surface area (Å²) in [6.45, 7) is 0. The average Bonchev–Trinajstić information content (AvgIpc) is 2.92. The Kier molecular flexibility index (Phi) is 4.09. The van der Waals surface area contributed by atoms with Crippen molar-refractivity contribution in [1.82, 2.24) is 4.98 Å². The van der Waals surface area contributed by atoms with Crippen molar-refractivity contribution in [2.75, 3.05) is 11.1 Å². The number of amides is 1. The van der Waals surface area contributed by atoms with Crippen molar-refractivity contribution < 1.29 is 4.79 Å². The summed E-state index contributed by atoms with van der Waals surface area (Å²) in [6, 6.07) is 16.5. The van der Waals surface area contributed by atoms with Crippen LogP contribution in [0.4, 0.5) is 10.8 Å². The highest BCUT2D eigenvalue weighted by molar-refractivity contribution is 7.17. The number of benzene rings is 2. The molecule has 6 heteroatoms. The van der Waals surface area contributed by atoms with E-state index in [1.807, 2.05) is 30.3 Å². The topological polar surface area (TPSA) is 68.0 Å². The SMILES string of the molecule is Nc1nc(-c2ccccc2)c(C(=O)Nc2ccccc2Cl)s1. The van der Waals surface area contributed by atoms with Crippen LogP contribution in [-0.2, 0) is 0 Å². The highest BCUT2D eigenvalue weighted by Crippen LogP contribution is 2.31. The fraction of sp³-hybridized carbons (Fsp3) is 0. The highest BCUT2D eigenvalue weighted by Gasteiger charge is 2.19. The number of thiazole rings is 1. The number of anilines is 2. The summed E-state index contributed by atoms with van der Waals surface area (Å²) in [6.07, 6.45) is 0. The lowest BCUT2D eigenvalue weighted by molar-refractivity contribution is 0.103. The number of rotatable bonds is 3. The smallest absolute Gasteiger partial charge is 0.268 e. The molecule has 0 saturated carbocycles. The van der Waals surface area contributed by atoms with Gasteiger partial charge in [-0.1, -0.05) is 65.4 Å². The van der Waals surface area contributed by atoms with Crippen molar-refractivity contribution in [3.8, 4) is 11.3 Å². The summed E-state index contributed by atoms with van der Waals surface area (Å²) in [5, 5.41) is 3.63. The van der Waals surface area contributed by atoms with E-state index in [4.69, 9.17) is 17.3 Å². The third-order valence-corrected chi connectivity index (χ3v) is 4.23. The van der Waals surface area contributed by atoms with Gasteiger partial charge in [0.2, 0.25) is 0 Å². The molecule has 2 aromatic carbocycles. The van der Waals surface area contributed by atoms with Crippen LogP contribution >= 0.6 is 22.9 Å². The molecule has 1 heterocycles. The molecular formula is C16H12ClN3OS. The van der Waals surface area contributed by atoms with Crippen molar-refractivity contribution in [2.24, 2.45) is 0 Å². The number of nitrogens with two attached hydrogens (primary N) is 1. The second kappa shape index (κ2) is 6.17. The van der Waals surface area contributed by atoms with Gasteiger partial charge in [-0.3, -0.25) is 4.79 Å². The van der Waals surface area contributed by atoms with Crippen molar-refractivity contribution in [1.29, 1.82) is 0 Å². The summed E-state index contributed by atoms with van der Waals surface area (Å²) < 4.78 is 0. The van der Waals surface area contributed by atoms with Gasteiger partial charge < -0.3 is 11.1 Å². The second-order valence-electron chi connectivity index (χ2n) is 4.53. The van der Waals surface area contributed by atoms with Crippen LogP contribution in [0.5, 0.6) is 0 Å². The molecule has 4 nitrogen and oxygen atoms in total. The van der Waals surface area contributed by atoms with Crippen LogP contribution in [0.3, 0.4) is 0 Å². The predicted octanol–water partition coefficient (Wildman–Crippen LogP) is 4.30. The lowest BCUT2D eigenvalue weighted by atomic mass is 10.1. The molecule has 0 unspecified atom stereocenters. The number of para-hydroxylation sites is 1. The van der Waals surface area contributed by atoms with Gasteiger partial charge >= 0.3 is 0 Å². The van der Waals surface area contributed by atoms with Gasteiger partial charge in [0.25, 0.3) is 5.91 Å². The molecule has 0 fully saturated rings. The Labute approximate surface area is 136 Å². The minimum absolute atomic E-state index is 0.277. The van der Waals surface area contributed by atoms with Crippen molar-refractivity contribution in [3.63, 3.8) is 0 Å². The maximum atomic E-state index is 12.5. The molecule has 0 spiro atoms. The van der Waals surface area contributed by atoms with Gasteiger partial charge in [-0.05, 0) is 12.1 Å². The number of nitrogens with one attached hydrogen (secondary N) is 1. The van der Waals surface area contributed by atoms with Gasteiger partial charge in [0, 0.05) is 5.56 Å². The minimum atomic E-state index is -0.277. The van der Waals surface area contributed by atoms with Crippen LogP contribution in [0.15, 0.2) is 54.6 Å². The Morgan fingerprint density at radius 2 is 1.77 bits per heavy atom. The van der Waals surface area contributed by atoms with E-state index in [2.05, 4.69) is 10.3 Å². The lowest BCUT2D eigenvalue weighted by Gasteiger charge is -2.06. The molecule has 0 bridgehead atoms. The molecule has 110 valence electrons. The Morgan fingerprint density at radius 1 is 1.09 bits per heavy atom. The molecule has 0 aliphatic heterocycles. The monoisotopic (exact) mass is 329 g/mol. The Balaban J connectivity index is 1.95. The van der Waals surface area contributed by atoms with E-state index in [0.29, 0.717) is 26.4 Å². The van der Waals surface area contributed by atoms with Crippen LogP contribution in [0, 0.1) is 0 Å². The summed E-state index contributed by atoms with van der Waals surface area (Å²) in [4.78, 5) is 17.2. The third kappa shape index (κ3) is 2.95. The van der Waals surface area contributed by atoms with E-state index in [9.17, 15) is 4.79 Å². The van der Waals surface area contributed by atoms with Crippen LogP contribution in [0.25, 0.3) is 11.3 Å². The molecule has 0 saturated heterocycles. The number of halogens is 1. The van der Waals surface area contributed by atoms with Gasteiger partial charge in [0.1, 0.15) is 4.88 Å². The van der Waals surface area contributed by atoms with E-state index >= 15 is 0 Å². The Hall–Kier alpha value is -2.37. The fourth-order valence-corrected chi connectivity index (χ4v) is 2.96. The van der Waals surface area contributed by atoms with E-state index in [1.54, 1.807) is 24.3 Å². The molecule has 22 heavy (non-hydrogen) atoms. The summed E-state index contributed by atoms with van der Waals surface area (Å²) in [7, 11) is 0. The first kappa shape index (κ1) is 14.6. The number of nitrogen functional groups attached to an aromatic ring is 1. The molecule has 3 N–H and O–H groups in total. The quantitative estimate of drug-likeness (QED) is 0.752. The average molecular weight is 330 g/mol. The number of hydrogen-bond donors (Lipinski definition) is 2.